The number of rotatable bonds is 4. The molecule has 0 spiro atoms. The molecule has 4 heteroatoms. The van der Waals surface area contributed by atoms with E-state index in [1.165, 1.54) is 11.3 Å². The zero-order valence-electron chi connectivity index (χ0n) is 11.6. The summed E-state index contributed by atoms with van der Waals surface area (Å²) in [5.74, 6) is 0.0876. The molecule has 0 atom stereocenters. The molecular formula is C17H14N2OS. The van der Waals surface area contributed by atoms with Crippen molar-refractivity contribution in [2.75, 3.05) is 0 Å². The summed E-state index contributed by atoms with van der Waals surface area (Å²) >= 11 is 1.52. The number of carbonyl (C=O) groups is 1. The summed E-state index contributed by atoms with van der Waals surface area (Å²) in [7, 11) is 0. The number of pyridine rings is 1. The molecule has 0 unspecified atom stereocenters. The van der Waals surface area contributed by atoms with Crippen LogP contribution in [0.3, 0.4) is 0 Å². The summed E-state index contributed by atoms with van der Waals surface area (Å²) in [6.07, 6.45) is 0.326. The number of benzene rings is 1. The number of hydrogen-bond acceptors (Lipinski definition) is 4. The molecule has 3 nitrogen and oxygen atoms in total. The Morgan fingerprint density at radius 1 is 1.05 bits per heavy atom. The number of thiazole rings is 1. The molecular weight excluding hydrogens is 280 g/mol. The van der Waals surface area contributed by atoms with Crippen molar-refractivity contribution in [2.45, 2.75) is 13.3 Å². The van der Waals surface area contributed by atoms with Gasteiger partial charge in [0, 0.05) is 16.6 Å². The minimum atomic E-state index is 0.0876. The van der Waals surface area contributed by atoms with Crippen LogP contribution in [0.1, 0.15) is 21.7 Å². The quantitative estimate of drug-likeness (QED) is 0.684. The number of hydrogen-bond donors (Lipinski definition) is 0. The number of aromatic nitrogens is 2. The Bertz CT molecular complexity index is 765. The molecule has 2 heterocycles. The summed E-state index contributed by atoms with van der Waals surface area (Å²) in [5, 5.41) is 2.79. The molecule has 0 N–H and O–H groups in total. The Kier molecular flexibility index (Phi) is 3.88. The van der Waals surface area contributed by atoms with Gasteiger partial charge in [-0.25, -0.2) is 4.98 Å². The Hall–Kier alpha value is -2.33. The van der Waals surface area contributed by atoms with E-state index in [0.29, 0.717) is 6.42 Å². The van der Waals surface area contributed by atoms with Gasteiger partial charge < -0.3 is 0 Å². The van der Waals surface area contributed by atoms with Crippen molar-refractivity contribution < 1.29 is 4.79 Å². The molecule has 0 radical (unpaired) electrons. The third-order valence-corrected chi connectivity index (χ3v) is 4.01. The van der Waals surface area contributed by atoms with E-state index in [9.17, 15) is 4.79 Å². The van der Waals surface area contributed by atoms with Crippen LogP contribution in [0.4, 0.5) is 0 Å². The number of carbonyl (C=O) groups excluding carboxylic acids is 1. The Labute approximate surface area is 127 Å². The maximum atomic E-state index is 12.2. The molecule has 1 aromatic carbocycles. The van der Waals surface area contributed by atoms with Crippen LogP contribution in [-0.4, -0.2) is 15.8 Å². The number of Topliss-reactive ketones (excluding diaryl/α,β-unsaturated/α-hetero) is 1. The predicted octanol–water partition coefficient (Wildman–Crippen LogP) is 3.94. The lowest BCUT2D eigenvalue weighted by atomic mass is 10.1. The minimum Gasteiger partial charge on any atom is -0.294 e. The van der Waals surface area contributed by atoms with Crippen molar-refractivity contribution >= 4 is 17.1 Å². The van der Waals surface area contributed by atoms with E-state index in [1.54, 1.807) is 0 Å². The fourth-order valence-electron chi connectivity index (χ4n) is 2.06. The largest absolute Gasteiger partial charge is 0.294 e. The van der Waals surface area contributed by atoms with Crippen LogP contribution >= 0.6 is 11.3 Å². The standard InChI is InChI=1S/C17H14N2OS/c1-12-6-5-9-15(18-12)17-19-14(11-21-17)10-16(20)13-7-3-2-4-8-13/h2-9,11H,10H2,1H3. The first-order chi connectivity index (χ1) is 10.2. The van der Waals surface area contributed by atoms with Gasteiger partial charge in [0.1, 0.15) is 5.01 Å². The van der Waals surface area contributed by atoms with Gasteiger partial charge in [-0.15, -0.1) is 11.3 Å². The maximum absolute atomic E-state index is 12.2. The second kappa shape index (κ2) is 5.97. The van der Waals surface area contributed by atoms with Crippen LogP contribution in [0, 0.1) is 6.92 Å². The third-order valence-electron chi connectivity index (χ3n) is 3.10. The van der Waals surface area contributed by atoms with Gasteiger partial charge in [-0.3, -0.25) is 9.78 Å². The highest BCUT2D eigenvalue weighted by Crippen LogP contribution is 2.22. The molecule has 0 aliphatic carbocycles. The van der Waals surface area contributed by atoms with E-state index >= 15 is 0 Å². The zero-order chi connectivity index (χ0) is 14.7. The highest BCUT2D eigenvalue weighted by Gasteiger charge is 2.11. The second-order valence-corrected chi connectivity index (χ2v) is 5.63. The van der Waals surface area contributed by atoms with Gasteiger partial charge in [-0.05, 0) is 19.1 Å². The van der Waals surface area contributed by atoms with Crippen LogP contribution in [0.5, 0.6) is 0 Å². The Morgan fingerprint density at radius 3 is 2.62 bits per heavy atom. The third kappa shape index (κ3) is 3.23. The minimum absolute atomic E-state index is 0.0876. The maximum Gasteiger partial charge on any atom is 0.168 e. The number of nitrogens with zero attached hydrogens (tertiary/aromatic N) is 2. The monoisotopic (exact) mass is 294 g/mol. The first-order valence-corrected chi connectivity index (χ1v) is 7.57. The lowest BCUT2D eigenvalue weighted by molar-refractivity contribution is 0.0992. The normalized spacial score (nSPS) is 10.5. The topological polar surface area (TPSA) is 42.9 Å². The van der Waals surface area contributed by atoms with Gasteiger partial charge >= 0.3 is 0 Å². The fraction of sp³-hybridized carbons (Fsp3) is 0.118. The first kappa shape index (κ1) is 13.6. The van der Waals surface area contributed by atoms with Gasteiger partial charge in [0.25, 0.3) is 0 Å². The van der Waals surface area contributed by atoms with Crippen molar-refractivity contribution in [1.82, 2.24) is 9.97 Å². The van der Waals surface area contributed by atoms with E-state index in [1.807, 2.05) is 60.8 Å². The molecule has 0 aliphatic rings. The van der Waals surface area contributed by atoms with Crippen molar-refractivity contribution in [3.8, 4) is 10.7 Å². The van der Waals surface area contributed by atoms with Gasteiger partial charge in [0.05, 0.1) is 17.8 Å². The van der Waals surface area contributed by atoms with Gasteiger partial charge in [-0.2, -0.15) is 0 Å². The van der Waals surface area contributed by atoms with Crippen LogP contribution < -0.4 is 0 Å². The molecule has 104 valence electrons. The summed E-state index contributed by atoms with van der Waals surface area (Å²) in [6, 6.07) is 15.2. The van der Waals surface area contributed by atoms with E-state index in [-0.39, 0.29) is 5.78 Å². The van der Waals surface area contributed by atoms with Crippen LogP contribution in [-0.2, 0) is 6.42 Å². The van der Waals surface area contributed by atoms with Crippen molar-refractivity contribution in [1.29, 1.82) is 0 Å². The van der Waals surface area contributed by atoms with Crippen molar-refractivity contribution in [3.05, 3.63) is 70.9 Å². The highest BCUT2D eigenvalue weighted by atomic mass is 32.1. The Balaban J connectivity index is 1.78. The molecule has 0 amide bonds. The van der Waals surface area contributed by atoms with Gasteiger partial charge in [0.2, 0.25) is 0 Å². The zero-order valence-corrected chi connectivity index (χ0v) is 12.4. The molecule has 0 bridgehead atoms. The molecule has 2 aromatic heterocycles. The summed E-state index contributed by atoms with van der Waals surface area (Å²) in [5.41, 5.74) is 3.34. The van der Waals surface area contributed by atoms with Crippen LogP contribution in [0.15, 0.2) is 53.9 Å². The SMILES string of the molecule is Cc1cccc(-c2nc(CC(=O)c3ccccc3)cs2)n1. The van der Waals surface area contributed by atoms with Crippen LogP contribution in [0.2, 0.25) is 0 Å². The van der Waals surface area contributed by atoms with E-state index in [2.05, 4.69) is 9.97 Å². The fourth-order valence-corrected chi connectivity index (χ4v) is 2.85. The summed E-state index contributed by atoms with van der Waals surface area (Å²) in [6.45, 7) is 1.96. The lowest BCUT2D eigenvalue weighted by Crippen LogP contribution is -2.03. The molecule has 3 aromatic rings. The number of ketones is 1. The smallest absolute Gasteiger partial charge is 0.168 e. The summed E-state index contributed by atoms with van der Waals surface area (Å²) < 4.78 is 0. The molecule has 0 aliphatic heterocycles. The first-order valence-electron chi connectivity index (χ1n) is 6.69. The molecule has 0 saturated heterocycles. The molecule has 3 rings (SSSR count). The molecule has 0 fully saturated rings. The summed E-state index contributed by atoms with van der Waals surface area (Å²) in [4.78, 5) is 21.1. The lowest BCUT2D eigenvalue weighted by Gasteiger charge is -1.98. The molecule has 21 heavy (non-hydrogen) atoms. The number of aryl methyl sites for hydroxylation is 1. The van der Waals surface area contributed by atoms with Crippen molar-refractivity contribution in [3.63, 3.8) is 0 Å². The van der Waals surface area contributed by atoms with Gasteiger partial charge in [-0.1, -0.05) is 36.4 Å². The Morgan fingerprint density at radius 2 is 1.86 bits per heavy atom. The van der Waals surface area contributed by atoms with E-state index < -0.39 is 0 Å². The highest BCUT2D eigenvalue weighted by molar-refractivity contribution is 7.13. The van der Waals surface area contributed by atoms with Crippen molar-refractivity contribution in [2.24, 2.45) is 0 Å². The van der Waals surface area contributed by atoms with E-state index in [0.717, 1.165) is 27.7 Å². The predicted molar refractivity (Wildman–Crippen MR) is 84.6 cm³/mol. The second-order valence-electron chi connectivity index (χ2n) is 4.77. The average molecular weight is 294 g/mol. The average Bonchev–Trinajstić information content (AvgIpc) is 2.97. The van der Waals surface area contributed by atoms with Crippen LogP contribution in [0.25, 0.3) is 10.7 Å². The van der Waals surface area contributed by atoms with Gasteiger partial charge in [0.15, 0.2) is 5.78 Å². The van der Waals surface area contributed by atoms with E-state index in [4.69, 9.17) is 0 Å². The molecule has 0 saturated carbocycles.